The Morgan fingerprint density at radius 3 is 2.95 bits per heavy atom. The molecular formula is C12H20ClN3O2S. The minimum atomic E-state index is -0.463. The number of amides is 1. The van der Waals surface area contributed by atoms with Crippen LogP contribution in [0.15, 0.2) is 5.38 Å². The van der Waals surface area contributed by atoms with Crippen LogP contribution in [0.1, 0.15) is 30.0 Å². The minimum Gasteiger partial charge on any atom is -0.392 e. The highest BCUT2D eigenvalue weighted by Crippen LogP contribution is 2.23. The zero-order valence-corrected chi connectivity index (χ0v) is 12.5. The van der Waals surface area contributed by atoms with Gasteiger partial charge in [0, 0.05) is 17.3 Å². The number of rotatable bonds is 3. The molecule has 0 bridgehead atoms. The summed E-state index contributed by atoms with van der Waals surface area (Å²) in [6, 6.07) is -0.281. The van der Waals surface area contributed by atoms with Gasteiger partial charge >= 0.3 is 0 Å². The number of halogens is 1. The van der Waals surface area contributed by atoms with E-state index >= 15 is 0 Å². The van der Waals surface area contributed by atoms with E-state index in [0.29, 0.717) is 25.8 Å². The predicted octanol–water partition coefficient (Wildman–Crippen LogP) is 0.978. The highest BCUT2D eigenvalue weighted by atomic mass is 35.5. The first-order valence-electron chi connectivity index (χ1n) is 6.18. The van der Waals surface area contributed by atoms with Crippen LogP contribution in [0.5, 0.6) is 0 Å². The molecule has 1 aromatic rings. The van der Waals surface area contributed by atoms with Gasteiger partial charge in [-0.2, -0.15) is 0 Å². The van der Waals surface area contributed by atoms with Crippen LogP contribution < -0.4 is 11.1 Å². The smallest absolute Gasteiger partial charge is 0.223 e. The number of thiazole rings is 1. The van der Waals surface area contributed by atoms with Crippen LogP contribution in [0.4, 0.5) is 0 Å². The van der Waals surface area contributed by atoms with E-state index < -0.39 is 6.10 Å². The van der Waals surface area contributed by atoms with Crippen LogP contribution in [0.3, 0.4) is 0 Å². The van der Waals surface area contributed by atoms with Crippen LogP contribution in [0.2, 0.25) is 0 Å². The molecule has 7 heteroatoms. The summed E-state index contributed by atoms with van der Waals surface area (Å²) in [5, 5.41) is 15.4. The summed E-state index contributed by atoms with van der Waals surface area (Å²) >= 11 is 1.58. The van der Waals surface area contributed by atoms with Crippen molar-refractivity contribution < 1.29 is 9.90 Å². The van der Waals surface area contributed by atoms with Crippen LogP contribution >= 0.6 is 23.7 Å². The zero-order valence-electron chi connectivity index (χ0n) is 10.8. The summed E-state index contributed by atoms with van der Waals surface area (Å²) in [4.78, 5) is 16.3. The van der Waals surface area contributed by atoms with Gasteiger partial charge in [0.25, 0.3) is 0 Å². The summed E-state index contributed by atoms with van der Waals surface area (Å²) in [7, 11) is 0. The van der Waals surface area contributed by atoms with Gasteiger partial charge in [0.15, 0.2) is 0 Å². The second-order valence-electron chi connectivity index (χ2n) is 4.82. The Morgan fingerprint density at radius 2 is 2.37 bits per heavy atom. The lowest BCUT2D eigenvalue weighted by Gasteiger charge is -2.29. The van der Waals surface area contributed by atoms with Gasteiger partial charge in [-0.25, -0.2) is 4.98 Å². The van der Waals surface area contributed by atoms with Gasteiger partial charge < -0.3 is 16.2 Å². The number of carbonyl (C=O) groups excluding carboxylic acids is 1. The largest absolute Gasteiger partial charge is 0.392 e. The van der Waals surface area contributed by atoms with Crippen molar-refractivity contribution in [2.45, 2.75) is 44.9 Å². The molecule has 2 rings (SSSR count). The van der Waals surface area contributed by atoms with Crippen molar-refractivity contribution in [3.05, 3.63) is 16.1 Å². The number of nitrogens with two attached hydrogens (primary N) is 1. The summed E-state index contributed by atoms with van der Waals surface area (Å²) in [6.07, 6.45) is 1.41. The summed E-state index contributed by atoms with van der Waals surface area (Å²) < 4.78 is 0. The van der Waals surface area contributed by atoms with Crippen LogP contribution in [0.25, 0.3) is 0 Å². The molecule has 0 radical (unpaired) electrons. The SMILES string of the molecule is Cc1nc(CNC(=O)[C@H]2CC[C@@H](O)[C@H](N)C2)cs1.Cl. The zero-order chi connectivity index (χ0) is 13.1. The third kappa shape index (κ3) is 4.42. The summed E-state index contributed by atoms with van der Waals surface area (Å²) in [5.41, 5.74) is 6.67. The van der Waals surface area contributed by atoms with E-state index in [2.05, 4.69) is 10.3 Å². The molecule has 1 aliphatic carbocycles. The first kappa shape index (κ1) is 16.4. The molecule has 1 amide bonds. The lowest BCUT2D eigenvalue weighted by Crippen LogP contribution is -2.44. The Hall–Kier alpha value is -0.690. The topological polar surface area (TPSA) is 88.2 Å². The molecule has 108 valence electrons. The Morgan fingerprint density at radius 1 is 1.63 bits per heavy atom. The number of aliphatic hydroxyl groups excluding tert-OH is 1. The van der Waals surface area contributed by atoms with Gasteiger partial charge in [-0.05, 0) is 26.2 Å². The number of aromatic nitrogens is 1. The lowest BCUT2D eigenvalue weighted by molar-refractivity contribution is -0.127. The van der Waals surface area contributed by atoms with E-state index in [1.54, 1.807) is 11.3 Å². The molecule has 0 aromatic carbocycles. The first-order chi connectivity index (χ1) is 8.56. The Kier molecular flexibility index (Phi) is 6.19. The van der Waals surface area contributed by atoms with E-state index in [9.17, 15) is 9.90 Å². The fraction of sp³-hybridized carbons (Fsp3) is 0.667. The van der Waals surface area contributed by atoms with Gasteiger partial charge in [0.1, 0.15) is 0 Å². The monoisotopic (exact) mass is 305 g/mol. The van der Waals surface area contributed by atoms with Gasteiger partial charge in [0.2, 0.25) is 5.91 Å². The Labute approximate surface area is 123 Å². The second-order valence-corrected chi connectivity index (χ2v) is 5.88. The van der Waals surface area contributed by atoms with Crippen molar-refractivity contribution >= 4 is 29.7 Å². The first-order valence-corrected chi connectivity index (χ1v) is 7.06. The van der Waals surface area contributed by atoms with E-state index in [-0.39, 0.29) is 30.3 Å². The molecule has 1 heterocycles. The fourth-order valence-corrected chi connectivity index (χ4v) is 2.85. The van der Waals surface area contributed by atoms with Gasteiger partial charge in [-0.3, -0.25) is 4.79 Å². The molecule has 19 heavy (non-hydrogen) atoms. The maximum atomic E-state index is 12.0. The van der Waals surface area contributed by atoms with Crippen molar-refractivity contribution in [2.24, 2.45) is 11.7 Å². The number of nitrogens with one attached hydrogen (secondary N) is 1. The normalized spacial score (nSPS) is 26.6. The Balaban J connectivity index is 0.00000180. The number of aryl methyl sites for hydroxylation is 1. The predicted molar refractivity (Wildman–Crippen MR) is 77.3 cm³/mol. The Bertz CT molecular complexity index is 427. The van der Waals surface area contributed by atoms with E-state index in [1.807, 2.05) is 12.3 Å². The molecule has 0 spiro atoms. The highest BCUT2D eigenvalue weighted by Gasteiger charge is 2.30. The maximum absolute atomic E-state index is 12.0. The molecule has 5 nitrogen and oxygen atoms in total. The molecule has 1 aromatic heterocycles. The van der Waals surface area contributed by atoms with E-state index in [4.69, 9.17) is 5.73 Å². The van der Waals surface area contributed by atoms with Crippen molar-refractivity contribution in [3.8, 4) is 0 Å². The average Bonchev–Trinajstić information content (AvgIpc) is 2.75. The van der Waals surface area contributed by atoms with Gasteiger partial charge in [-0.15, -0.1) is 23.7 Å². The third-order valence-corrected chi connectivity index (χ3v) is 4.17. The van der Waals surface area contributed by atoms with E-state index in [1.165, 1.54) is 0 Å². The average molecular weight is 306 g/mol. The molecular weight excluding hydrogens is 286 g/mol. The molecule has 1 fully saturated rings. The number of nitrogens with zero attached hydrogens (tertiary/aromatic N) is 1. The summed E-state index contributed by atoms with van der Waals surface area (Å²) in [5.74, 6) is -0.0638. The standard InChI is InChI=1S/C12H19N3O2S.ClH/c1-7-15-9(6-18-7)5-14-12(17)8-2-3-11(16)10(13)4-8;/h6,8,10-11,16H,2-5,13H2,1H3,(H,14,17);1H/t8-,10+,11+;/m0./s1. The quantitative estimate of drug-likeness (QED) is 0.776. The number of carbonyl (C=O) groups is 1. The second kappa shape index (κ2) is 7.19. The van der Waals surface area contributed by atoms with Gasteiger partial charge in [-0.1, -0.05) is 0 Å². The minimum absolute atomic E-state index is 0. The molecule has 0 saturated heterocycles. The van der Waals surface area contributed by atoms with Crippen LogP contribution in [-0.2, 0) is 11.3 Å². The summed E-state index contributed by atoms with van der Waals surface area (Å²) in [6.45, 7) is 2.41. The maximum Gasteiger partial charge on any atom is 0.223 e. The third-order valence-electron chi connectivity index (χ3n) is 3.34. The molecule has 1 aliphatic rings. The molecule has 3 atom stereocenters. The van der Waals surface area contributed by atoms with Crippen molar-refractivity contribution in [1.82, 2.24) is 10.3 Å². The molecule has 0 aliphatic heterocycles. The van der Waals surface area contributed by atoms with E-state index in [0.717, 1.165) is 10.7 Å². The number of aliphatic hydroxyl groups is 1. The lowest BCUT2D eigenvalue weighted by atomic mass is 9.84. The van der Waals surface area contributed by atoms with Crippen LogP contribution in [-0.4, -0.2) is 28.1 Å². The van der Waals surface area contributed by atoms with Crippen molar-refractivity contribution in [1.29, 1.82) is 0 Å². The number of hydrogen-bond donors (Lipinski definition) is 3. The molecule has 4 N–H and O–H groups in total. The molecule has 0 unspecified atom stereocenters. The van der Waals surface area contributed by atoms with Crippen molar-refractivity contribution in [2.75, 3.05) is 0 Å². The molecule has 1 saturated carbocycles. The number of hydrogen-bond acceptors (Lipinski definition) is 5. The van der Waals surface area contributed by atoms with Gasteiger partial charge in [0.05, 0.1) is 23.4 Å². The van der Waals surface area contributed by atoms with Crippen LogP contribution in [0, 0.1) is 12.8 Å². The highest BCUT2D eigenvalue weighted by molar-refractivity contribution is 7.09. The van der Waals surface area contributed by atoms with Crippen molar-refractivity contribution in [3.63, 3.8) is 0 Å². The fourth-order valence-electron chi connectivity index (χ4n) is 2.24.